The Bertz CT molecular complexity index is 805. The van der Waals surface area contributed by atoms with Crippen LogP contribution in [0.2, 0.25) is 0 Å². The lowest BCUT2D eigenvalue weighted by atomic mass is 10.1. The fourth-order valence-electron chi connectivity index (χ4n) is 2.10. The van der Waals surface area contributed by atoms with E-state index in [0.29, 0.717) is 10.9 Å². The number of ether oxygens (including phenoxy) is 1. The van der Waals surface area contributed by atoms with E-state index < -0.39 is 11.6 Å². The van der Waals surface area contributed by atoms with Crippen molar-refractivity contribution in [2.75, 3.05) is 0 Å². The molecule has 5 heteroatoms. The van der Waals surface area contributed by atoms with Crippen LogP contribution in [-0.4, -0.2) is 10.1 Å². The van der Waals surface area contributed by atoms with E-state index >= 15 is 0 Å². The number of pyridine rings is 1. The zero-order valence-electron chi connectivity index (χ0n) is 10.9. The molecule has 1 aromatic heterocycles. The second-order valence-corrected chi connectivity index (χ2v) is 4.45. The summed E-state index contributed by atoms with van der Waals surface area (Å²) < 4.78 is 32.3. The van der Waals surface area contributed by atoms with Crippen LogP contribution < -0.4 is 4.74 Å². The molecule has 0 aliphatic carbocycles. The molecular formula is C16H11F2NO2. The average molecular weight is 287 g/mol. The number of aliphatic hydroxyl groups excluding tert-OH is 1. The Morgan fingerprint density at radius 1 is 1.00 bits per heavy atom. The Hall–Kier alpha value is -2.53. The van der Waals surface area contributed by atoms with Gasteiger partial charge in [0.15, 0.2) is 11.6 Å². The fraction of sp³-hybridized carbons (Fsp3) is 0.0625. The molecule has 0 unspecified atom stereocenters. The van der Waals surface area contributed by atoms with Crippen LogP contribution in [0.25, 0.3) is 10.8 Å². The lowest BCUT2D eigenvalue weighted by Crippen LogP contribution is -1.96. The van der Waals surface area contributed by atoms with E-state index in [1.54, 1.807) is 18.2 Å². The van der Waals surface area contributed by atoms with E-state index in [0.717, 1.165) is 11.5 Å². The number of hydrogen-bond donors (Lipinski definition) is 1. The Morgan fingerprint density at radius 3 is 2.52 bits per heavy atom. The molecule has 0 aliphatic rings. The third-order valence-corrected chi connectivity index (χ3v) is 3.13. The van der Waals surface area contributed by atoms with Crippen LogP contribution in [0.1, 0.15) is 5.56 Å². The summed E-state index contributed by atoms with van der Waals surface area (Å²) in [6.45, 7) is -0.165. The number of halogens is 2. The quantitative estimate of drug-likeness (QED) is 0.796. The van der Waals surface area contributed by atoms with E-state index in [4.69, 9.17) is 4.74 Å². The molecule has 0 amide bonds. The molecule has 1 N–H and O–H groups in total. The monoisotopic (exact) mass is 287 g/mol. The van der Waals surface area contributed by atoms with Crippen molar-refractivity contribution < 1.29 is 18.6 Å². The smallest absolute Gasteiger partial charge is 0.227 e. The molecule has 0 saturated heterocycles. The van der Waals surface area contributed by atoms with Gasteiger partial charge in [0, 0.05) is 17.1 Å². The van der Waals surface area contributed by atoms with Gasteiger partial charge >= 0.3 is 0 Å². The Morgan fingerprint density at radius 2 is 1.76 bits per heavy atom. The summed E-state index contributed by atoms with van der Waals surface area (Å²) in [5.74, 6) is -2.12. The van der Waals surface area contributed by atoms with Gasteiger partial charge in [0.05, 0.1) is 6.61 Å². The summed E-state index contributed by atoms with van der Waals surface area (Å²) in [4.78, 5) is 4.07. The minimum atomic E-state index is -1.06. The highest BCUT2D eigenvalue weighted by atomic mass is 19.2. The molecule has 0 saturated carbocycles. The summed E-state index contributed by atoms with van der Waals surface area (Å²) in [7, 11) is 0. The van der Waals surface area contributed by atoms with Gasteiger partial charge in [-0.2, -0.15) is 4.39 Å². The van der Waals surface area contributed by atoms with Crippen LogP contribution in [0.3, 0.4) is 0 Å². The van der Waals surface area contributed by atoms with Gasteiger partial charge in [0.25, 0.3) is 0 Å². The second kappa shape index (κ2) is 5.46. The normalized spacial score (nSPS) is 10.8. The maximum absolute atomic E-state index is 13.7. The number of fused-ring (bicyclic) bond motifs is 1. The van der Waals surface area contributed by atoms with Gasteiger partial charge in [-0.05, 0) is 23.6 Å². The molecule has 0 aliphatic heterocycles. The molecule has 0 radical (unpaired) electrons. The lowest BCUT2D eigenvalue weighted by Gasteiger charge is -2.10. The molecule has 0 fully saturated rings. The van der Waals surface area contributed by atoms with E-state index in [-0.39, 0.29) is 18.2 Å². The Balaban J connectivity index is 2.11. The highest BCUT2D eigenvalue weighted by Crippen LogP contribution is 2.31. The third kappa shape index (κ3) is 2.43. The average Bonchev–Trinajstić information content (AvgIpc) is 2.52. The van der Waals surface area contributed by atoms with E-state index in [9.17, 15) is 13.9 Å². The predicted molar refractivity (Wildman–Crippen MR) is 74.1 cm³/mol. The molecule has 3 aromatic rings. The molecule has 2 aromatic carbocycles. The van der Waals surface area contributed by atoms with E-state index in [1.165, 1.54) is 18.3 Å². The summed E-state index contributed by atoms with van der Waals surface area (Å²) in [6.07, 6.45) is 1.45. The van der Waals surface area contributed by atoms with Crippen molar-refractivity contribution in [2.24, 2.45) is 0 Å². The maximum atomic E-state index is 13.7. The first kappa shape index (κ1) is 13.5. The molecular weight excluding hydrogens is 276 g/mol. The number of nitrogens with zero attached hydrogens (tertiary/aromatic N) is 1. The molecule has 3 rings (SSSR count). The lowest BCUT2D eigenvalue weighted by molar-refractivity contribution is 0.282. The third-order valence-electron chi connectivity index (χ3n) is 3.13. The molecule has 3 nitrogen and oxygen atoms in total. The minimum Gasteiger partial charge on any atom is -0.435 e. The van der Waals surface area contributed by atoms with Crippen molar-refractivity contribution in [3.05, 3.63) is 65.9 Å². The number of aromatic nitrogens is 1. The zero-order valence-corrected chi connectivity index (χ0v) is 10.9. The fourth-order valence-corrected chi connectivity index (χ4v) is 2.10. The van der Waals surface area contributed by atoms with Crippen LogP contribution in [-0.2, 0) is 6.61 Å². The van der Waals surface area contributed by atoms with Crippen molar-refractivity contribution >= 4 is 10.8 Å². The van der Waals surface area contributed by atoms with Gasteiger partial charge in [0.1, 0.15) is 0 Å². The molecule has 106 valence electrons. The Kier molecular flexibility index (Phi) is 3.50. The van der Waals surface area contributed by atoms with Gasteiger partial charge in [-0.1, -0.05) is 24.3 Å². The van der Waals surface area contributed by atoms with Gasteiger partial charge in [-0.25, -0.2) is 9.37 Å². The Labute approximate surface area is 119 Å². The first-order chi connectivity index (χ1) is 10.2. The van der Waals surface area contributed by atoms with Crippen LogP contribution in [0.4, 0.5) is 8.78 Å². The van der Waals surface area contributed by atoms with Crippen molar-refractivity contribution in [1.29, 1.82) is 0 Å². The van der Waals surface area contributed by atoms with Gasteiger partial charge in [-0.15, -0.1) is 0 Å². The van der Waals surface area contributed by atoms with Crippen LogP contribution in [0, 0.1) is 11.6 Å². The number of benzene rings is 2. The minimum absolute atomic E-state index is 0.160. The molecule has 1 heterocycles. The number of aliphatic hydroxyl groups is 1. The van der Waals surface area contributed by atoms with Crippen LogP contribution in [0.5, 0.6) is 11.6 Å². The van der Waals surface area contributed by atoms with Gasteiger partial charge < -0.3 is 9.84 Å². The summed E-state index contributed by atoms with van der Waals surface area (Å²) in [5.41, 5.74) is 0.637. The summed E-state index contributed by atoms with van der Waals surface area (Å²) in [6, 6.07) is 10.8. The van der Waals surface area contributed by atoms with E-state index in [1.807, 2.05) is 6.07 Å². The van der Waals surface area contributed by atoms with Crippen molar-refractivity contribution in [2.45, 2.75) is 6.61 Å². The molecule has 21 heavy (non-hydrogen) atoms. The zero-order chi connectivity index (χ0) is 14.8. The van der Waals surface area contributed by atoms with Gasteiger partial charge in [-0.3, -0.25) is 0 Å². The van der Waals surface area contributed by atoms with Gasteiger partial charge in [0.2, 0.25) is 11.7 Å². The first-order valence-electron chi connectivity index (χ1n) is 6.30. The second-order valence-electron chi connectivity index (χ2n) is 4.45. The van der Waals surface area contributed by atoms with Crippen molar-refractivity contribution in [3.63, 3.8) is 0 Å². The number of rotatable bonds is 3. The summed E-state index contributed by atoms with van der Waals surface area (Å²) >= 11 is 0. The predicted octanol–water partition coefficient (Wildman–Crippen LogP) is 3.80. The summed E-state index contributed by atoms with van der Waals surface area (Å²) in [5, 5.41) is 10.7. The first-order valence-corrected chi connectivity index (χ1v) is 6.30. The molecule has 0 spiro atoms. The van der Waals surface area contributed by atoms with Crippen molar-refractivity contribution in [3.8, 4) is 11.6 Å². The SMILES string of the molecule is OCc1cnc(Oc2cccc(F)c2F)c2ccccc12. The van der Waals surface area contributed by atoms with E-state index in [2.05, 4.69) is 4.98 Å². The standard InChI is InChI=1S/C16H11F2NO2/c17-13-6-3-7-14(15(13)18)21-16-12-5-2-1-4-11(12)10(9-20)8-19-16/h1-8,20H,9H2. The van der Waals surface area contributed by atoms with Crippen molar-refractivity contribution in [1.82, 2.24) is 4.98 Å². The topological polar surface area (TPSA) is 42.4 Å². The van der Waals surface area contributed by atoms with Crippen LogP contribution in [0.15, 0.2) is 48.7 Å². The largest absolute Gasteiger partial charge is 0.435 e. The highest BCUT2D eigenvalue weighted by Gasteiger charge is 2.13. The van der Waals surface area contributed by atoms with Crippen LogP contribution >= 0.6 is 0 Å². The maximum Gasteiger partial charge on any atom is 0.227 e. The molecule has 0 atom stereocenters. The molecule has 0 bridgehead atoms. The number of hydrogen-bond acceptors (Lipinski definition) is 3. The highest BCUT2D eigenvalue weighted by molar-refractivity contribution is 5.89.